The maximum atomic E-state index is 12.5. The molecule has 0 saturated carbocycles. The standard InChI is InChI=1S/C23H25NO5/c1-13-6-7-20(27-5)19(8-13)24-23(26)16(4)29-22(25)11-17-12-28-21-10-15(3)14(2)9-18(17)21/h6-10,12,16H,11H2,1-5H3,(H,24,26)/t16-/m1/s1. The first-order valence-electron chi connectivity index (χ1n) is 9.40. The zero-order chi connectivity index (χ0) is 21.1. The van der Waals surface area contributed by atoms with Gasteiger partial charge in [-0.3, -0.25) is 9.59 Å². The second kappa shape index (κ2) is 8.39. The Morgan fingerprint density at radius 1 is 1.10 bits per heavy atom. The second-order valence-electron chi connectivity index (χ2n) is 7.20. The molecule has 3 rings (SSSR count). The summed E-state index contributed by atoms with van der Waals surface area (Å²) in [5.74, 6) is -0.381. The van der Waals surface area contributed by atoms with Crippen molar-refractivity contribution in [2.45, 2.75) is 40.2 Å². The van der Waals surface area contributed by atoms with Gasteiger partial charge in [-0.25, -0.2) is 0 Å². The number of fused-ring (bicyclic) bond motifs is 1. The Balaban J connectivity index is 1.66. The van der Waals surface area contributed by atoms with E-state index in [0.717, 1.165) is 33.2 Å². The quantitative estimate of drug-likeness (QED) is 0.623. The molecular formula is C23H25NO5. The third-order valence-corrected chi connectivity index (χ3v) is 4.90. The molecule has 1 atom stereocenters. The zero-order valence-electron chi connectivity index (χ0n) is 17.3. The molecule has 0 spiro atoms. The molecule has 6 heteroatoms. The Kier molecular flexibility index (Phi) is 5.92. The molecule has 0 radical (unpaired) electrons. The highest BCUT2D eigenvalue weighted by Gasteiger charge is 2.21. The smallest absolute Gasteiger partial charge is 0.311 e. The van der Waals surface area contributed by atoms with Crippen LogP contribution in [0.2, 0.25) is 0 Å². The van der Waals surface area contributed by atoms with Crippen LogP contribution >= 0.6 is 0 Å². The minimum atomic E-state index is -0.949. The molecule has 152 valence electrons. The maximum Gasteiger partial charge on any atom is 0.311 e. The Bertz CT molecular complexity index is 1070. The Labute approximate surface area is 169 Å². The summed E-state index contributed by atoms with van der Waals surface area (Å²) in [6, 6.07) is 9.40. The summed E-state index contributed by atoms with van der Waals surface area (Å²) in [5, 5.41) is 3.63. The number of methoxy groups -OCH3 is 1. The van der Waals surface area contributed by atoms with E-state index in [1.807, 2.05) is 39.0 Å². The normalized spacial score (nSPS) is 11.9. The molecule has 3 aromatic rings. The molecule has 1 amide bonds. The highest BCUT2D eigenvalue weighted by Crippen LogP contribution is 2.26. The number of esters is 1. The van der Waals surface area contributed by atoms with E-state index < -0.39 is 18.0 Å². The summed E-state index contributed by atoms with van der Waals surface area (Å²) in [5.41, 5.74) is 5.22. The molecule has 1 heterocycles. The number of carbonyl (C=O) groups excluding carboxylic acids is 2. The van der Waals surface area contributed by atoms with E-state index in [1.54, 1.807) is 18.4 Å². The molecule has 0 saturated heterocycles. The van der Waals surface area contributed by atoms with Gasteiger partial charge in [-0.05, 0) is 68.7 Å². The lowest BCUT2D eigenvalue weighted by atomic mass is 10.0. The van der Waals surface area contributed by atoms with Gasteiger partial charge in [0.2, 0.25) is 0 Å². The van der Waals surface area contributed by atoms with Crippen molar-refractivity contribution >= 4 is 28.5 Å². The fourth-order valence-corrected chi connectivity index (χ4v) is 3.07. The lowest BCUT2D eigenvalue weighted by Gasteiger charge is -2.15. The summed E-state index contributed by atoms with van der Waals surface area (Å²) < 4.78 is 16.1. The summed E-state index contributed by atoms with van der Waals surface area (Å²) in [4.78, 5) is 24.8. The van der Waals surface area contributed by atoms with Crippen LogP contribution in [0, 0.1) is 20.8 Å². The molecule has 6 nitrogen and oxygen atoms in total. The van der Waals surface area contributed by atoms with E-state index in [9.17, 15) is 9.59 Å². The Morgan fingerprint density at radius 3 is 2.55 bits per heavy atom. The number of rotatable bonds is 6. The van der Waals surface area contributed by atoms with Crippen molar-refractivity contribution in [3.63, 3.8) is 0 Å². The number of furan rings is 1. The summed E-state index contributed by atoms with van der Waals surface area (Å²) in [7, 11) is 1.53. The monoisotopic (exact) mass is 395 g/mol. The Morgan fingerprint density at radius 2 is 1.83 bits per heavy atom. The minimum Gasteiger partial charge on any atom is -0.495 e. The third kappa shape index (κ3) is 4.59. The fourth-order valence-electron chi connectivity index (χ4n) is 3.07. The average molecular weight is 395 g/mol. The summed E-state index contributed by atoms with van der Waals surface area (Å²) in [6.07, 6.45) is 0.642. The van der Waals surface area contributed by atoms with Crippen LogP contribution in [0.25, 0.3) is 11.0 Å². The van der Waals surface area contributed by atoms with E-state index in [0.29, 0.717) is 11.4 Å². The molecule has 29 heavy (non-hydrogen) atoms. The van der Waals surface area contributed by atoms with Crippen LogP contribution < -0.4 is 10.1 Å². The van der Waals surface area contributed by atoms with Crippen LogP contribution in [0.15, 0.2) is 41.0 Å². The van der Waals surface area contributed by atoms with E-state index in [1.165, 1.54) is 14.0 Å². The zero-order valence-corrected chi connectivity index (χ0v) is 17.3. The molecule has 0 fully saturated rings. The van der Waals surface area contributed by atoms with E-state index in [4.69, 9.17) is 13.9 Å². The van der Waals surface area contributed by atoms with E-state index in [2.05, 4.69) is 5.32 Å². The number of carbonyl (C=O) groups is 2. The van der Waals surface area contributed by atoms with Gasteiger partial charge in [-0.2, -0.15) is 0 Å². The van der Waals surface area contributed by atoms with Crippen LogP contribution in [-0.2, 0) is 20.7 Å². The first-order chi connectivity index (χ1) is 13.8. The predicted octanol–water partition coefficient (Wildman–Crippen LogP) is 4.48. The van der Waals surface area contributed by atoms with Gasteiger partial charge in [0.15, 0.2) is 6.10 Å². The molecule has 0 aliphatic heterocycles. The topological polar surface area (TPSA) is 77.8 Å². The highest BCUT2D eigenvalue weighted by molar-refractivity contribution is 5.96. The predicted molar refractivity (Wildman–Crippen MR) is 111 cm³/mol. The van der Waals surface area contributed by atoms with Gasteiger partial charge in [0.05, 0.1) is 25.5 Å². The van der Waals surface area contributed by atoms with Crippen molar-refractivity contribution in [2.75, 3.05) is 12.4 Å². The average Bonchev–Trinajstić information content (AvgIpc) is 3.03. The van der Waals surface area contributed by atoms with Gasteiger partial charge in [0.1, 0.15) is 11.3 Å². The molecule has 0 bridgehead atoms. The number of hydrogen-bond donors (Lipinski definition) is 1. The van der Waals surface area contributed by atoms with Crippen molar-refractivity contribution in [1.29, 1.82) is 0 Å². The fraction of sp³-hybridized carbons (Fsp3) is 0.304. The Hall–Kier alpha value is -3.28. The number of amides is 1. The van der Waals surface area contributed by atoms with Crippen molar-refractivity contribution in [1.82, 2.24) is 0 Å². The maximum absolute atomic E-state index is 12.5. The van der Waals surface area contributed by atoms with Crippen LogP contribution in [-0.4, -0.2) is 25.1 Å². The molecule has 0 unspecified atom stereocenters. The first kappa shape index (κ1) is 20.5. The highest BCUT2D eigenvalue weighted by atomic mass is 16.5. The van der Waals surface area contributed by atoms with Gasteiger partial charge in [-0.15, -0.1) is 0 Å². The summed E-state index contributed by atoms with van der Waals surface area (Å²) in [6.45, 7) is 7.47. The molecular weight excluding hydrogens is 370 g/mol. The first-order valence-corrected chi connectivity index (χ1v) is 9.40. The number of benzene rings is 2. The number of ether oxygens (including phenoxy) is 2. The van der Waals surface area contributed by atoms with E-state index in [-0.39, 0.29) is 6.42 Å². The van der Waals surface area contributed by atoms with Crippen molar-refractivity contribution in [2.24, 2.45) is 0 Å². The largest absolute Gasteiger partial charge is 0.495 e. The van der Waals surface area contributed by atoms with Crippen LogP contribution in [0.3, 0.4) is 0 Å². The third-order valence-electron chi connectivity index (χ3n) is 4.90. The van der Waals surface area contributed by atoms with Gasteiger partial charge >= 0.3 is 5.97 Å². The van der Waals surface area contributed by atoms with Crippen molar-refractivity contribution < 1.29 is 23.5 Å². The lowest BCUT2D eigenvalue weighted by Crippen LogP contribution is -2.30. The van der Waals surface area contributed by atoms with Gasteiger partial charge in [-0.1, -0.05) is 6.07 Å². The second-order valence-corrected chi connectivity index (χ2v) is 7.20. The molecule has 1 N–H and O–H groups in total. The molecule has 0 aliphatic rings. The van der Waals surface area contributed by atoms with Gasteiger partial charge in [0, 0.05) is 10.9 Å². The lowest BCUT2D eigenvalue weighted by molar-refractivity contribution is -0.152. The van der Waals surface area contributed by atoms with Gasteiger partial charge < -0.3 is 19.2 Å². The van der Waals surface area contributed by atoms with Crippen molar-refractivity contribution in [3.8, 4) is 5.75 Å². The molecule has 1 aromatic heterocycles. The number of nitrogens with one attached hydrogen (secondary N) is 1. The number of aryl methyl sites for hydroxylation is 3. The van der Waals surface area contributed by atoms with E-state index >= 15 is 0 Å². The number of hydrogen-bond acceptors (Lipinski definition) is 5. The van der Waals surface area contributed by atoms with Crippen LogP contribution in [0.4, 0.5) is 5.69 Å². The van der Waals surface area contributed by atoms with Crippen LogP contribution in [0.1, 0.15) is 29.2 Å². The van der Waals surface area contributed by atoms with Crippen LogP contribution in [0.5, 0.6) is 5.75 Å². The number of anilines is 1. The minimum absolute atomic E-state index is 0.0287. The molecule has 2 aromatic carbocycles. The summed E-state index contributed by atoms with van der Waals surface area (Å²) >= 11 is 0. The molecule has 0 aliphatic carbocycles. The SMILES string of the molecule is COc1ccc(C)cc1NC(=O)[C@@H](C)OC(=O)Cc1coc2cc(C)c(C)cc12. The van der Waals surface area contributed by atoms with Crippen molar-refractivity contribution in [3.05, 3.63) is 58.8 Å². The van der Waals surface area contributed by atoms with Gasteiger partial charge in [0.25, 0.3) is 5.91 Å².